The molecule has 1 saturated carbocycles. The molecule has 3 rings (SSSR count). The fraction of sp³-hybridized carbons (Fsp3) is 0.478. The van der Waals surface area contributed by atoms with Crippen molar-refractivity contribution in [1.82, 2.24) is 15.2 Å². The standard InChI is InChI=1S/C23H31ClN4O.ClH/c1-16-4-10-21(24)20(12-16)23(29)27-19-8-5-17(6-9-19)13-25-22-11-7-18(14-26-22)15-28(2)3;/h4,7,10-12,14,17,19H,5-6,8-9,13,15H2,1-3H3,(H,25,26)(H,27,29);1H. The molecule has 1 aliphatic carbocycles. The van der Waals surface area contributed by atoms with Crippen molar-refractivity contribution in [3.8, 4) is 0 Å². The van der Waals surface area contributed by atoms with Gasteiger partial charge in [0.15, 0.2) is 0 Å². The van der Waals surface area contributed by atoms with Crippen molar-refractivity contribution in [2.45, 2.75) is 45.2 Å². The Morgan fingerprint density at radius 3 is 2.53 bits per heavy atom. The molecule has 2 N–H and O–H groups in total. The summed E-state index contributed by atoms with van der Waals surface area (Å²) in [6.45, 7) is 3.79. The Bertz CT molecular complexity index is 818. The maximum atomic E-state index is 12.6. The lowest BCUT2D eigenvalue weighted by atomic mass is 9.86. The second kappa shape index (κ2) is 11.5. The fourth-order valence-electron chi connectivity index (χ4n) is 3.82. The van der Waals surface area contributed by atoms with Crippen molar-refractivity contribution >= 4 is 35.7 Å². The predicted octanol–water partition coefficient (Wildman–Crippen LogP) is 4.93. The number of halogens is 2. The van der Waals surface area contributed by atoms with Gasteiger partial charge in [-0.05, 0) is 76.4 Å². The van der Waals surface area contributed by atoms with E-state index < -0.39 is 0 Å². The Labute approximate surface area is 191 Å². The summed E-state index contributed by atoms with van der Waals surface area (Å²) in [5.74, 6) is 1.47. The number of rotatable bonds is 7. The molecule has 30 heavy (non-hydrogen) atoms. The van der Waals surface area contributed by atoms with Gasteiger partial charge in [-0.15, -0.1) is 12.4 Å². The summed E-state index contributed by atoms with van der Waals surface area (Å²) in [5, 5.41) is 7.13. The minimum atomic E-state index is -0.0673. The average Bonchev–Trinajstić information content (AvgIpc) is 2.70. The summed E-state index contributed by atoms with van der Waals surface area (Å²) in [5.41, 5.74) is 2.82. The number of aromatic nitrogens is 1. The molecule has 0 radical (unpaired) electrons. The molecule has 0 spiro atoms. The van der Waals surface area contributed by atoms with Gasteiger partial charge in [0, 0.05) is 25.3 Å². The molecule has 2 aromatic rings. The summed E-state index contributed by atoms with van der Waals surface area (Å²) < 4.78 is 0. The number of hydrogen-bond donors (Lipinski definition) is 2. The normalized spacial score (nSPS) is 18.6. The topological polar surface area (TPSA) is 57.3 Å². The number of aryl methyl sites for hydroxylation is 1. The van der Waals surface area contributed by atoms with E-state index in [1.807, 2.05) is 25.3 Å². The maximum Gasteiger partial charge on any atom is 0.253 e. The van der Waals surface area contributed by atoms with E-state index in [9.17, 15) is 4.79 Å². The van der Waals surface area contributed by atoms with E-state index in [1.54, 1.807) is 6.07 Å². The Morgan fingerprint density at radius 1 is 1.17 bits per heavy atom. The quantitative estimate of drug-likeness (QED) is 0.627. The van der Waals surface area contributed by atoms with Gasteiger partial charge >= 0.3 is 0 Å². The van der Waals surface area contributed by atoms with Gasteiger partial charge in [0.25, 0.3) is 5.91 Å². The van der Waals surface area contributed by atoms with Crippen LogP contribution in [0.5, 0.6) is 0 Å². The zero-order chi connectivity index (χ0) is 20.8. The SMILES string of the molecule is Cc1ccc(Cl)c(C(=O)NC2CCC(CNc3ccc(CN(C)C)cn3)CC2)c1.Cl. The van der Waals surface area contributed by atoms with Gasteiger partial charge in [0.05, 0.1) is 10.6 Å². The van der Waals surface area contributed by atoms with Crippen LogP contribution in [-0.2, 0) is 6.54 Å². The summed E-state index contributed by atoms with van der Waals surface area (Å²) in [6, 6.07) is 9.95. The Balaban J connectivity index is 0.00000320. The maximum absolute atomic E-state index is 12.6. The van der Waals surface area contributed by atoms with Gasteiger partial charge in [-0.2, -0.15) is 0 Å². The number of anilines is 1. The van der Waals surface area contributed by atoms with Crippen LogP contribution in [0.4, 0.5) is 5.82 Å². The molecule has 1 aliphatic rings. The summed E-state index contributed by atoms with van der Waals surface area (Å²) >= 11 is 6.19. The Morgan fingerprint density at radius 2 is 1.90 bits per heavy atom. The van der Waals surface area contributed by atoms with Gasteiger partial charge in [0.2, 0.25) is 0 Å². The third kappa shape index (κ3) is 7.15. The number of hydrogen-bond acceptors (Lipinski definition) is 4. The van der Waals surface area contributed by atoms with Crippen LogP contribution in [0.15, 0.2) is 36.5 Å². The van der Waals surface area contributed by atoms with Crippen LogP contribution in [0.2, 0.25) is 5.02 Å². The van der Waals surface area contributed by atoms with E-state index in [-0.39, 0.29) is 24.4 Å². The average molecular weight is 451 g/mol. The van der Waals surface area contributed by atoms with Gasteiger partial charge in [0.1, 0.15) is 5.82 Å². The smallest absolute Gasteiger partial charge is 0.253 e. The lowest BCUT2D eigenvalue weighted by Crippen LogP contribution is -2.38. The molecule has 1 aromatic heterocycles. The largest absolute Gasteiger partial charge is 0.370 e. The Hall–Kier alpha value is -1.82. The highest BCUT2D eigenvalue weighted by Gasteiger charge is 2.23. The molecule has 164 valence electrons. The second-order valence-corrected chi connectivity index (χ2v) is 8.75. The lowest BCUT2D eigenvalue weighted by molar-refractivity contribution is 0.0923. The molecule has 1 aromatic carbocycles. The van der Waals surface area contributed by atoms with Crippen LogP contribution >= 0.6 is 24.0 Å². The van der Waals surface area contributed by atoms with Gasteiger partial charge in [-0.3, -0.25) is 4.79 Å². The number of carbonyl (C=O) groups excluding carboxylic acids is 1. The van der Waals surface area contributed by atoms with E-state index in [4.69, 9.17) is 11.6 Å². The van der Waals surface area contributed by atoms with E-state index in [0.717, 1.165) is 50.2 Å². The van der Waals surface area contributed by atoms with E-state index in [1.165, 1.54) is 5.56 Å². The number of nitrogens with one attached hydrogen (secondary N) is 2. The first kappa shape index (κ1) is 24.4. The predicted molar refractivity (Wildman–Crippen MR) is 127 cm³/mol. The number of amides is 1. The summed E-state index contributed by atoms with van der Waals surface area (Å²) in [6.07, 6.45) is 6.12. The van der Waals surface area contributed by atoms with Gasteiger partial charge in [-0.1, -0.05) is 29.3 Å². The molecule has 0 atom stereocenters. The zero-order valence-corrected chi connectivity index (χ0v) is 19.5. The highest BCUT2D eigenvalue weighted by atomic mass is 35.5. The number of pyridine rings is 1. The molecule has 0 aliphatic heterocycles. The first-order valence-corrected chi connectivity index (χ1v) is 10.7. The van der Waals surface area contributed by atoms with E-state index in [2.05, 4.69) is 46.7 Å². The molecule has 5 nitrogen and oxygen atoms in total. The van der Waals surface area contributed by atoms with Crippen LogP contribution < -0.4 is 10.6 Å². The third-order valence-electron chi connectivity index (χ3n) is 5.44. The van der Waals surface area contributed by atoms with Crippen molar-refractivity contribution in [3.63, 3.8) is 0 Å². The lowest BCUT2D eigenvalue weighted by Gasteiger charge is -2.29. The Kier molecular flexibility index (Phi) is 9.40. The summed E-state index contributed by atoms with van der Waals surface area (Å²) in [4.78, 5) is 19.2. The van der Waals surface area contributed by atoms with Crippen molar-refractivity contribution < 1.29 is 4.79 Å². The molecule has 1 heterocycles. The minimum Gasteiger partial charge on any atom is -0.370 e. The van der Waals surface area contributed by atoms with Crippen LogP contribution in [0, 0.1) is 12.8 Å². The molecule has 1 amide bonds. The fourth-order valence-corrected chi connectivity index (χ4v) is 4.03. The monoisotopic (exact) mass is 450 g/mol. The van der Waals surface area contributed by atoms with Crippen LogP contribution in [-0.4, -0.2) is 42.5 Å². The second-order valence-electron chi connectivity index (χ2n) is 8.34. The highest BCUT2D eigenvalue weighted by molar-refractivity contribution is 6.33. The first-order chi connectivity index (χ1) is 13.9. The molecular formula is C23H32Cl2N4O. The highest BCUT2D eigenvalue weighted by Crippen LogP contribution is 2.25. The molecular weight excluding hydrogens is 419 g/mol. The molecule has 0 unspecified atom stereocenters. The molecule has 0 bridgehead atoms. The third-order valence-corrected chi connectivity index (χ3v) is 5.77. The van der Waals surface area contributed by atoms with Gasteiger partial charge < -0.3 is 15.5 Å². The number of nitrogens with zero attached hydrogens (tertiary/aromatic N) is 2. The molecule has 0 saturated heterocycles. The van der Waals surface area contributed by atoms with Gasteiger partial charge in [-0.25, -0.2) is 4.98 Å². The van der Waals surface area contributed by atoms with Crippen LogP contribution in [0.3, 0.4) is 0 Å². The first-order valence-electron chi connectivity index (χ1n) is 10.3. The van der Waals surface area contributed by atoms with Crippen molar-refractivity contribution in [1.29, 1.82) is 0 Å². The van der Waals surface area contributed by atoms with Crippen LogP contribution in [0.25, 0.3) is 0 Å². The van der Waals surface area contributed by atoms with Crippen molar-refractivity contribution in [2.75, 3.05) is 26.0 Å². The van der Waals surface area contributed by atoms with Crippen LogP contribution in [0.1, 0.15) is 47.2 Å². The summed E-state index contributed by atoms with van der Waals surface area (Å²) in [7, 11) is 4.11. The van der Waals surface area contributed by atoms with E-state index in [0.29, 0.717) is 16.5 Å². The van der Waals surface area contributed by atoms with E-state index >= 15 is 0 Å². The molecule has 1 fully saturated rings. The van der Waals surface area contributed by atoms with Crippen molar-refractivity contribution in [3.05, 3.63) is 58.2 Å². The molecule has 7 heteroatoms. The number of benzene rings is 1. The number of carbonyl (C=O) groups is 1. The van der Waals surface area contributed by atoms with Crippen molar-refractivity contribution in [2.24, 2.45) is 5.92 Å². The zero-order valence-electron chi connectivity index (χ0n) is 18.0. The minimum absolute atomic E-state index is 0.